The lowest BCUT2D eigenvalue weighted by Gasteiger charge is -2.25. The molecular weight excluding hydrogens is 350 g/mol. The van der Waals surface area contributed by atoms with Crippen LogP contribution >= 0.6 is 11.6 Å². The normalized spacial score (nSPS) is 13.9. The number of fused-ring (bicyclic) bond motifs is 3. The summed E-state index contributed by atoms with van der Waals surface area (Å²) in [6, 6.07) is 13.7. The number of unbranched alkanes of at least 4 members (excludes halogenated alkanes) is 1. The molecule has 2 unspecified atom stereocenters. The predicted molar refractivity (Wildman–Crippen MR) is 102 cm³/mol. The van der Waals surface area contributed by atoms with Gasteiger partial charge in [-0.2, -0.15) is 0 Å². The van der Waals surface area contributed by atoms with E-state index in [1.807, 2.05) is 24.3 Å². The highest BCUT2D eigenvalue weighted by Gasteiger charge is 2.31. The maximum atomic E-state index is 11.5. The lowest BCUT2D eigenvalue weighted by Crippen LogP contribution is -2.22. The first kappa shape index (κ1) is 18.3. The molecule has 0 radical (unpaired) electrons. The fraction of sp³-hybridized carbons (Fsp3) is 0.350. The van der Waals surface area contributed by atoms with Gasteiger partial charge in [0.1, 0.15) is 6.10 Å². The van der Waals surface area contributed by atoms with Gasteiger partial charge in [-0.25, -0.2) is 4.79 Å². The quantitative estimate of drug-likeness (QED) is 0.205. The number of benzene rings is 2. The summed E-state index contributed by atoms with van der Waals surface area (Å²) in [7, 11) is 0. The average molecular weight is 370 g/mol. The van der Waals surface area contributed by atoms with Crippen molar-refractivity contribution in [2.45, 2.75) is 44.8 Å². The number of rotatable bonds is 7. The number of ether oxygens (including phenoxy) is 1. The number of azide groups is 1. The minimum atomic E-state index is -0.891. The van der Waals surface area contributed by atoms with Gasteiger partial charge in [-0.05, 0) is 46.2 Å². The first-order valence-corrected chi connectivity index (χ1v) is 9.13. The van der Waals surface area contributed by atoms with Crippen molar-refractivity contribution in [3.63, 3.8) is 0 Å². The van der Waals surface area contributed by atoms with Gasteiger partial charge < -0.3 is 4.74 Å². The van der Waals surface area contributed by atoms with Crippen LogP contribution in [0.3, 0.4) is 0 Å². The van der Waals surface area contributed by atoms with E-state index in [4.69, 9.17) is 21.9 Å². The highest BCUT2D eigenvalue weighted by Crippen LogP contribution is 2.42. The fourth-order valence-electron chi connectivity index (χ4n) is 3.65. The lowest BCUT2D eigenvalue weighted by atomic mass is 9.92. The van der Waals surface area contributed by atoms with Gasteiger partial charge in [-0.3, -0.25) is 0 Å². The molecule has 134 valence electrons. The zero-order chi connectivity index (χ0) is 18.5. The van der Waals surface area contributed by atoms with Crippen molar-refractivity contribution in [3.05, 3.63) is 69.6 Å². The Balaban J connectivity index is 2.05. The monoisotopic (exact) mass is 369 g/mol. The van der Waals surface area contributed by atoms with Crippen LogP contribution in [0.5, 0.6) is 0 Å². The van der Waals surface area contributed by atoms with E-state index in [1.54, 1.807) is 0 Å². The summed E-state index contributed by atoms with van der Waals surface area (Å²) >= 11 is 5.54. The molecule has 3 rings (SSSR count). The van der Waals surface area contributed by atoms with Crippen LogP contribution in [0.25, 0.3) is 21.6 Å². The fourth-order valence-corrected chi connectivity index (χ4v) is 3.74. The second kappa shape index (κ2) is 8.26. The first-order valence-electron chi connectivity index (χ1n) is 8.76. The van der Waals surface area contributed by atoms with E-state index < -0.39 is 17.6 Å². The van der Waals surface area contributed by atoms with E-state index in [0.717, 1.165) is 36.0 Å². The smallest absolute Gasteiger partial charge is 0.404 e. The lowest BCUT2D eigenvalue weighted by molar-refractivity contribution is 0.101. The van der Waals surface area contributed by atoms with E-state index in [1.165, 1.54) is 11.1 Å². The summed E-state index contributed by atoms with van der Waals surface area (Å²) in [5, 5.41) is 3.91. The molecule has 2 aromatic rings. The zero-order valence-electron chi connectivity index (χ0n) is 14.6. The Labute approximate surface area is 157 Å². The first-order chi connectivity index (χ1) is 12.7. The highest BCUT2D eigenvalue weighted by molar-refractivity contribution is 6.61. The Morgan fingerprint density at radius 1 is 1.27 bits per heavy atom. The van der Waals surface area contributed by atoms with Crippen LogP contribution in [0.2, 0.25) is 0 Å². The van der Waals surface area contributed by atoms with E-state index in [9.17, 15) is 4.79 Å². The SMILES string of the molecule is CCCCC(N=[N+]=[N-])C(OC(=O)Cl)c1cccc2c1Cc1ccccc1-2. The molecule has 0 saturated carbocycles. The van der Waals surface area contributed by atoms with E-state index in [0.29, 0.717) is 6.42 Å². The van der Waals surface area contributed by atoms with Crippen LogP contribution in [0.1, 0.15) is 49.0 Å². The molecule has 0 saturated heterocycles. The molecular formula is C20H20ClN3O2. The Hall–Kier alpha value is -2.49. The molecule has 1 aliphatic rings. The third-order valence-corrected chi connectivity index (χ3v) is 4.91. The van der Waals surface area contributed by atoms with E-state index in [2.05, 4.69) is 35.1 Å². The Bertz CT molecular complexity index is 862. The van der Waals surface area contributed by atoms with Crippen molar-refractivity contribution >= 4 is 17.0 Å². The predicted octanol–water partition coefficient (Wildman–Crippen LogP) is 6.54. The zero-order valence-corrected chi connectivity index (χ0v) is 15.3. The van der Waals surface area contributed by atoms with Gasteiger partial charge in [0, 0.05) is 16.5 Å². The Morgan fingerprint density at radius 3 is 2.77 bits per heavy atom. The number of nitrogens with zero attached hydrogens (tertiary/aromatic N) is 3. The van der Waals surface area contributed by atoms with Crippen LogP contribution in [-0.4, -0.2) is 11.5 Å². The average Bonchev–Trinajstić information content (AvgIpc) is 3.02. The summed E-state index contributed by atoms with van der Waals surface area (Å²) in [6.45, 7) is 2.06. The van der Waals surface area contributed by atoms with Crippen molar-refractivity contribution in [1.29, 1.82) is 0 Å². The van der Waals surface area contributed by atoms with Gasteiger partial charge in [-0.1, -0.05) is 67.3 Å². The van der Waals surface area contributed by atoms with Gasteiger partial charge in [0.25, 0.3) is 0 Å². The Kier molecular flexibility index (Phi) is 5.82. The van der Waals surface area contributed by atoms with Crippen LogP contribution in [0.4, 0.5) is 4.79 Å². The molecule has 0 aromatic heterocycles. The minimum Gasteiger partial charge on any atom is -0.445 e. The summed E-state index contributed by atoms with van der Waals surface area (Å²) in [4.78, 5) is 14.5. The molecule has 0 spiro atoms. The molecule has 2 atom stereocenters. The van der Waals surface area contributed by atoms with Crippen molar-refractivity contribution in [2.75, 3.05) is 0 Å². The van der Waals surface area contributed by atoms with Crippen LogP contribution in [-0.2, 0) is 11.2 Å². The van der Waals surface area contributed by atoms with Gasteiger partial charge in [0.2, 0.25) is 0 Å². The molecule has 26 heavy (non-hydrogen) atoms. The maximum absolute atomic E-state index is 11.5. The molecule has 2 aromatic carbocycles. The third-order valence-electron chi connectivity index (χ3n) is 4.82. The van der Waals surface area contributed by atoms with Gasteiger partial charge >= 0.3 is 5.43 Å². The van der Waals surface area contributed by atoms with Crippen molar-refractivity contribution in [1.82, 2.24) is 0 Å². The van der Waals surface area contributed by atoms with Crippen molar-refractivity contribution in [2.24, 2.45) is 5.11 Å². The molecule has 0 bridgehead atoms. The van der Waals surface area contributed by atoms with E-state index in [-0.39, 0.29) is 0 Å². The van der Waals surface area contributed by atoms with Gasteiger partial charge in [0.15, 0.2) is 0 Å². The summed E-state index contributed by atoms with van der Waals surface area (Å²) < 4.78 is 5.43. The maximum Gasteiger partial charge on any atom is 0.404 e. The van der Waals surface area contributed by atoms with E-state index >= 15 is 0 Å². The van der Waals surface area contributed by atoms with Crippen molar-refractivity contribution in [3.8, 4) is 11.1 Å². The van der Waals surface area contributed by atoms with Crippen molar-refractivity contribution < 1.29 is 9.53 Å². The number of carbonyl (C=O) groups is 1. The van der Waals surface area contributed by atoms with Crippen LogP contribution < -0.4 is 0 Å². The molecule has 0 fully saturated rings. The van der Waals surface area contributed by atoms with Crippen LogP contribution in [0.15, 0.2) is 47.6 Å². The molecule has 0 heterocycles. The summed E-state index contributed by atoms with van der Waals surface area (Å²) in [5.41, 5.74) is 13.6. The molecule has 0 amide bonds. The molecule has 5 nitrogen and oxygen atoms in total. The van der Waals surface area contributed by atoms with Crippen LogP contribution in [0, 0.1) is 0 Å². The largest absolute Gasteiger partial charge is 0.445 e. The van der Waals surface area contributed by atoms with Gasteiger partial charge in [0.05, 0.1) is 6.04 Å². The molecule has 6 heteroatoms. The number of hydrogen-bond donors (Lipinski definition) is 0. The second-order valence-corrected chi connectivity index (χ2v) is 6.71. The number of halogens is 1. The third kappa shape index (κ3) is 3.69. The summed E-state index contributed by atoms with van der Waals surface area (Å²) in [5.74, 6) is 0. The summed E-state index contributed by atoms with van der Waals surface area (Å²) in [6.07, 6.45) is 2.53. The van der Waals surface area contributed by atoms with Gasteiger partial charge in [-0.15, -0.1) is 0 Å². The number of carbonyl (C=O) groups excluding carboxylic acids is 1. The molecule has 0 aliphatic heterocycles. The molecule has 1 aliphatic carbocycles. The number of hydrogen-bond acceptors (Lipinski definition) is 3. The Morgan fingerprint density at radius 2 is 2.04 bits per heavy atom. The standard InChI is InChI=1S/C20H20ClN3O2/c1-2-3-11-18(23-24-22)19(26-20(21)25)16-10-6-9-15-14-8-5-4-7-13(14)12-17(15)16/h4-10,18-19H,2-3,11-12H2,1H3. The molecule has 0 N–H and O–H groups in total. The minimum absolute atomic E-state index is 0.488. The highest BCUT2D eigenvalue weighted by atomic mass is 35.5. The second-order valence-electron chi connectivity index (χ2n) is 6.40. The topological polar surface area (TPSA) is 75.1 Å².